The SMILES string of the molecule is CCN(CC(=O)O)C(=O)NCC1(C)CCOCC1. The van der Waals surface area contributed by atoms with Gasteiger partial charge in [-0.25, -0.2) is 4.79 Å². The highest BCUT2D eigenvalue weighted by molar-refractivity contribution is 5.80. The van der Waals surface area contributed by atoms with Crippen LogP contribution in [0.4, 0.5) is 4.79 Å². The summed E-state index contributed by atoms with van der Waals surface area (Å²) in [4.78, 5) is 23.7. The van der Waals surface area contributed by atoms with Crippen molar-refractivity contribution in [3.05, 3.63) is 0 Å². The first-order chi connectivity index (χ1) is 8.47. The number of urea groups is 1. The summed E-state index contributed by atoms with van der Waals surface area (Å²) in [7, 11) is 0. The van der Waals surface area contributed by atoms with Gasteiger partial charge in [0.1, 0.15) is 6.54 Å². The van der Waals surface area contributed by atoms with Crippen LogP contribution in [-0.2, 0) is 9.53 Å². The van der Waals surface area contributed by atoms with Gasteiger partial charge in [0.15, 0.2) is 0 Å². The number of carbonyl (C=O) groups is 2. The quantitative estimate of drug-likeness (QED) is 0.768. The summed E-state index contributed by atoms with van der Waals surface area (Å²) in [5.41, 5.74) is 0.0521. The van der Waals surface area contributed by atoms with Crippen LogP contribution in [0.2, 0.25) is 0 Å². The number of nitrogens with zero attached hydrogens (tertiary/aromatic N) is 1. The van der Waals surface area contributed by atoms with Crippen LogP contribution in [0.25, 0.3) is 0 Å². The summed E-state index contributed by atoms with van der Waals surface area (Å²) in [6, 6.07) is -0.312. The summed E-state index contributed by atoms with van der Waals surface area (Å²) in [6.07, 6.45) is 1.83. The zero-order valence-corrected chi connectivity index (χ0v) is 11.1. The molecule has 2 N–H and O–H groups in total. The molecule has 6 nitrogen and oxygen atoms in total. The second-order valence-corrected chi connectivity index (χ2v) is 4.99. The highest BCUT2D eigenvalue weighted by Crippen LogP contribution is 2.28. The van der Waals surface area contributed by atoms with E-state index in [2.05, 4.69) is 12.2 Å². The van der Waals surface area contributed by atoms with E-state index < -0.39 is 5.97 Å². The van der Waals surface area contributed by atoms with E-state index >= 15 is 0 Å². The number of hydrogen-bond acceptors (Lipinski definition) is 3. The minimum atomic E-state index is -0.996. The minimum absolute atomic E-state index is 0.0521. The average Bonchev–Trinajstić information content (AvgIpc) is 2.34. The molecule has 0 bridgehead atoms. The second-order valence-electron chi connectivity index (χ2n) is 4.99. The Morgan fingerprint density at radius 3 is 2.50 bits per heavy atom. The minimum Gasteiger partial charge on any atom is -0.480 e. The lowest BCUT2D eigenvalue weighted by molar-refractivity contribution is -0.137. The number of carboxylic acid groups (broad SMARTS) is 1. The lowest BCUT2D eigenvalue weighted by Gasteiger charge is -2.34. The maximum absolute atomic E-state index is 11.8. The average molecular weight is 258 g/mol. The fourth-order valence-corrected chi connectivity index (χ4v) is 1.93. The van der Waals surface area contributed by atoms with Gasteiger partial charge in [-0.3, -0.25) is 4.79 Å². The van der Waals surface area contributed by atoms with Crippen LogP contribution < -0.4 is 5.32 Å². The molecule has 0 aromatic carbocycles. The summed E-state index contributed by atoms with van der Waals surface area (Å²) in [6.45, 7) is 6.01. The Morgan fingerprint density at radius 1 is 1.39 bits per heavy atom. The van der Waals surface area contributed by atoms with Crippen LogP contribution in [0.3, 0.4) is 0 Å². The highest BCUT2D eigenvalue weighted by atomic mass is 16.5. The Morgan fingerprint density at radius 2 is 2.00 bits per heavy atom. The van der Waals surface area contributed by atoms with Crippen molar-refractivity contribution < 1.29 is 19.4 Å². The summed E-state index contributed by atoms with van der Waals surface area (Å²) in [5, 5.41) is 11.5. The van der Waals surface area contributed by atoms with E-state index in [9.17, 15) is 9.59 Å². The maximum atomic E-state index is 11.8. The molecule has 2 amide bonds. The Labute approximate surface area is 107 Å². The summed E-state index contributed by atoms with van der Waals surface area (Å²) in [5.74, 6) is -0.996. The molecule has 1 aliphatic rings. The summed E-state index contributed by atoms with van der Waals surface area (Å²) < 4.78 is 5.29. The Balaban J connectivity index is 2.40. The van der Waals surface area contributed by atoms with Gasteiger partial charge >= 0.3 is 12.0 Å². The summed E-state index contributed by atoms with van der Waals surface area (Å²) >= 11 is 0. The van der Waals surface area contributed by atoms with Gasteiger partial charge in [0, 0.05) is 26.3 Å². The Bertz CT molecular complexity index is 300. The number of carboxylic acids is 1. The number of ether oxygens (including phenoxy) is 1. The van der Waals surface area contributed by atoms with Crippen LogP contribution in [-0.4, -0.2) is 54.9 Å². The van der Waals surface area contributed by atoms with Crippen molar-refractivity contribution in [1.82, 2.24) is 10.2 Å². The first-order valence-electron chi connectivity index (χ1n) is 6.29. The smallest absolute Gasteiger partial charge is 0.323 e. The van der Waals surface area contributed by atoms with Crippen molar-refractivity contribution in [3.63, 3.8) is 0 Å². The maximum Gasteiger partial charge on any atom is 0.323 e. The molecule has 0 radical (unpaired) electrons. The zero-order chi connectivity index (χ0) is 13.6. The van der Waals surface area contributed by atoms with Crippen molar-refractivity contribution >= 4 is 12.0 Å². The Kier molecular flexibility index (Phi) is 5.40. The monoisotopic (exact) mass is 258 g/mol. The number of hydrogen-bond donors (Lipinski definition) is 2. The number of aliphatic carboxylic acids is 1. The van der Waals surface area contributed by atoms with Gasteiger partial charge in [0.2, 0.25) is 0 Å². The van der Waals surface area contributed by atoms with Crippen LogP contribution in [0.5, 0.6) is 0 Å². The molecule has 104 valence electrons. The predicted molar refractivity (Wildman–Crippen MR) is 66.4 cm³/mol. The van der Waals surface area contributed by atoms with E-state index in [0.29, 0.717) is 13.1 Å². The first-order valence-corrected chi connectivity index (χ1v) is 6.29. The number of rotatable bonds is 5. The molecular weight excluding hydrogens is 236 g/mol. The van der Waals surface area contributed by atoms with Gasteiger partial charge in [-0.1, -0.05) is 6.92 Å². The van der Waals surface area contributed by atoms with Gasteiger partial charge in [-0.2, -0.15) is 0 Å². The second kappa shape index (κ2) is 6.58. The van der Waals surface area contributed by atoms with Crippen LogP contribution >= 0.6 is 0 Å². The highest BCUT2D eigenvalue weighted by Gasteiger charge is 2.28. The first kappa shape index (κ1) is 14.8. The fraction of sp³-hybridized carbons (Fsp3) is 0.833. The third kappa shape index (κ3) is 4.52. The van der Waals surface area contributed by atoms with Gasteiger partial charge in [0.05, 0.1) is 0 Å². The van der Waals surface area contributed by atoms with Crippen molar-refractivity contribution in [1.29, 1.82) is 0 Å². The van der Waals surface area contributed by atoms with Crippen LogP contribution in [0.15, 0.2) is 0 Å². The van der Waals surface area contributed by atoms with Gasteiger partial charge in [0.25, 0.3) is 0 Å². The molecule has 0 aromatic rings. The van der Waals surface area contributed by atoms with Gasteiger partial charge < -0.3 is 20.1 Å². The van der Waals surface area contributed by atoms with E-state index in [4.69, 9.17) is 9.84 Å². The molecule has 18 heavy (non-hydrogen) atoms. The predicted octanol–water partition coefficient (Wildman–Crippen LogP) is 0.919. The molecule has 1 aliphatic heterocycles. The standard InChI is InChI=1S/C12H22N2O4/c1-3-14(8-10(15)16)11(17)13-9-12(2)4-6-18-7-5-12/h3-9H2,1-2H3,(H,13,17)(H,15,16). The van der Waals surface area contributed by atoms with Crippen molar-refractivity contribution in [3.8, 4) is 0 Å². The third-order valence-electron chi connectivity index (χ3n) is 3.36. The van der Waals surface area contributed by atoms with E-state index in [0.717, 1.165) is 26.1 Å². The van der Waals surface area contributed by atoms with Gasteiger partial charge in [-0.05, 0) is 25.2 Å². The molecule has 1 heterocycles. The van der Waals surface area contributed by atoms with Crippen LogP contribution in [0.1, 0.15) is 26.7 Å². The topological polar surface area (TPSA) is 78.9 Å². The lowest BCUT2D eigenvalue weighted by Crippen LogP contribution is -2.47. The van der Waals surface area contributed by atoms with Crippen molar-refractivity contribution in [2.45, 2.75) is 26.7 Å². The molecule has 0 aliphatic carbocycles. The third-order valence-corrected chi connectivity index (χ3v) is 3.36. The van der Waals surface area contributed by atoms with Crippen molar-refractivity contribution in [2.75, 3.05) is 32.8 Å². The molecule has 6 heteroatoms. The normalized spacial score (nSPS) is 18.1. The molecule has 0 unspecified atom stereocenters. The number of likely N-dealkylation sites (N-methyl/N-ethyl adjacent to an activating group) is 1. The zero-order valence-electron chi connectivity index (χ0n) is 11.1. The largest absolute Gasteiger partial charge is 0.480 e. The number of nitrogens with one attached hydrogen (secondary N) is 1. The molecular formula is C12H22N2O4. The molecule has 1 fully saturated rings. The number of carbonyl (C=O) groups excluding carboxylic acids is 1. The van der Waals surface area contributed by atoms with E-state index in [1.54, 1.807) is 6.92 Å². The molecule has 1 saturated heterocycles. The molecule has 1 rings (SSSR count). The fourth-order valence-electron chi connectivity index (χ4n) is 1.93. The molecule has 0 saturated carbocycles. The molecule has 0 atom stereocenters. The Hall–Kier alpha value is -1.30. The van der Waals surface area contributed by atoms with E-state index in [1.807, 2.05) is 0 Å². The van der Waals surface area contributed by atoms with E-state index in [-0.39, 0.29) is 18.0 Å². The molecule has 0 aromatic heterocycles. The van der Waals surface area contributed by atoms with E-state index in [1.165, 1.54) is 4.90 Å². The molecule has 0 spiro atoms. The van der Waals surface area contributed by atoms with Crippen molar-refractivity contribution in [2.24, 2.45) is 5.41 Å². The van der Waals surface area contributed by atoms with Gasteiger partial charge in [-0.15, -0.1) is 0 Å². The van der Waals surface area contributed by atoms with Crippen LogP contribution in [0, 0.1) is 5.41 Å². The lowest BCUT2D eigenvalue weighted by atomic mass is 9.82. The number of amides is 2.